The van der Waals surface area contributed by atoms with Crippen molar-refractivity contribution in [1.29, 1.82) is 0 Å². The van der Waals surface area contributed by atoms with Gasteiger partial charge in [-0.3, -0.25) is 19.2 Å². The number of unbranched alkanes of at least 4 members (excludes halogenated alkanes) is 1. The second kappa shape index (κ2) is 14.1. The highest BCUT2D eigenvalue weighted by molar-refractivity contribution is 9.11. The first kappa shape index (κ1) is 33.1. The molecule has 4 aliphatic heterocycles. The van der Waals surface area contributed by atoms with Gasteiger partial charge >= 0.3 is 5.97 Å². The predicted octanol–water partition coefficient (Wildman–Crippen LogP) is 3.97. The van der Waals surface area contributed by atoms with Crippen molar-refractivity contribution in [2.45, 2.75) is 62.4 Å². The highest BCUT2D eigenvalue weighted by atomic mass is 79.9. The van der Waals surface area contributed by atoms with Crippen molar-refractivity contribution in [3.05, 3.63) is 94.5 Å². The summed E-state index contributed by atoms with van der Waals surface area (Å²) in [6.45, 7) is 2.22. The van der Waals surface area contributed by atoms with Gasteiger partial charge in [-0.05, 0) is 30.0 Å². The monoisotopic (exact) mass is 705 g/mol. The van der Waals surface area contributed by atoms with E-state index in [9.17, 15) is 24.3 Å². The Labute approximate surface area is 282 Å². The van der Waals surface area contributed by atoms with Crippen molar-refractivity contribution in [2.75, 3.05) is 26.3 Å². The molecule has 47 heavy (non-hydrogen) atoms. The van der Waals surface area contributed by atoms with Gasteiger partial charge in [-0.15, -0.1) is 0 Å². The lowest BCUT2D eigenvalue weighted by Gasteiger charge is -2.39. The minimum absolute atomic E-state index is 0.0874. The molecular formula is C36H40BrN3O7. The van der Waals surface area contributed by atoms with Crippen LogP contribution in [0, 0.1) is 11.8 Å². The Morgan fingerprint density at radius 3 is 2.45 bits per heavy atom. The maximum atomic E-state index is 14.8. The number of ether oxygens (including phenoxy) is 2. The van der Waals surface area contributed by atoms with E-state index in [1.807, 2.05) is 79.7 Å². The van der Waals surface area contributed by atoms with E-state index in [1.165, 1.54) is 4.90 Å². The van der Waals surface area contributed by atoms with Crippen LogP contribution < -0.4 is 5.32 Å². The fourth-order valence-electron chi connectivity index (χ4n) is 7.36. The summed E-state index contributed by atoms with van der Waals surface area (Å²) in [5, 5.41) is 13.8. The van der Waals surface area contributed by atoms with Gasteiger partial charge in [-0.25, -0.2) is 0 Å². The number of nitrogens with zero attached hydrogens (tertiary/aromatic N) is 2. The van der Waals surface area contributed by atoms with E-state index in [0.717, 1.165) is 18.4 Å². The number of fused-ring (bicyclic) bond motifs is 2. The summed E-state index contributed by atoms with van der Waals surface area (Å²) < 4.78 is 12.9. The number of halogens is 1. The molecule has 248 valence electrons. The van der Waals surface area contributed by atoms with Gasteiger partial charge in [0.25, 0.3) is 0 Å². The SMILES string of the molecule is CCCCN1C/C=C\CCC(=O)OC[C@@H](c2ccccc2)NC(=O)[C@@H]2[C@H]3O[C@@]4(C=C3Br)[C@H](C1=O)N([C@H](CO)c1ccccc1)C(=O)[C@@H]24. The average Bonchev–Trinajstić information content (AvgIpc) is 3.68. The number of benzene rings is 2. The number of hydrogen-bond acceptors (Lipinski definition) is 7. The van der Waals surface area contributed by atoms with Crippen LogP contribution in [0.3, 0.4) is 0 Å². The highest BCUT2D eigenvalue weighted by Gasteiger charge is 2.75. The normalized spacial score (nSPS) is 30.9. The first-order chi connectivity index (χ1) is 22.8. The highest BCUT2D eigenvalue weighted by Crippen LogP contribution is 2.60. The first-order valence-electron chi connectivity index (χ1n) is 16.3. The van der Waals surface area contributed by atoms with E-state index in [-0.39, 0.29) is 25.5 Å². The molecule has 10 nitrogen and oxygen atoms in total. The van der Waals surface area contributed by atoms with Crippen LogP contribution in [-0.2, 0) is 28.7 Å². The molecule has 0 aromatic heterocycles. The minimum atomic E-state index is -1.45. The fourth-order valence-corrected chi connectivity index (χ4v) is 8.09. The number of rotatable bonds is 7. The first-order valence-corrected chi connectivity index (χ1v) is 17.1. The maximum Gasteiger partial charge on any atom is 0.306 e. The molecule has 4 heterocycles. The minimum Gasteiger partial charge on any atom is -0.463 e. The molecule has 2 aromatic carbocycles. The summed E-state index contributed by atoms with van der Waals surface area (Å²) in [5.41, 5.74) is -0.0360. The van der Waals surface area contributed by atoms with Gasteiger partial charge in [0.15, 0.2) is 0 Å². The molecule has 2 aromatic rings. The zero-order valence-electron chi connectivity index (χ0n) is 26.3. The summed E-state index contributed by atoms with van der Waals surface area (Å²) in [4.78, 5) is 59.8. The number of likely N-dealkylation sites (tertiary alicyclic amines) is 1. The third kappa shape index (κ3) is 6.16. The van der Waals surface area contributed by atoms with Crippen molar-refractivity contribution in [3.8, 4) is 0 Å². The molecule has 0 radical (unpaired) electrons. The Morgan fingerprint density at radius 1 is 1.02 bits per heavy atom. The maximum absolute atomic E-state index is 14.8. The second-order valence-corrected chi connectivity index (χ2v) is 13.4. The quantitative estimate of drug-likeness (QED) is 0.330. The van der Waals surface area contributed by atoms with E-state index in [2.05, 4.69) is 21.2 Å². The molecule has 0 unspecified atom stereocenters. The molecule has 0 saturated carbocycles. The van der Waals surface area contributed by atoms with Crippen molar-refractivity contribution >= 4 is 39.6 Å². The molecule has 2 saturated heterocycles. The van der Waals surface area contributed by atoms with Gasteiger partial charge in [-0.2, -0.15) is 0 Å². The summed E-state index contributed by atoms with van der Waals surface area (Å²) >= 11 is 3.61. The molecule has 0 aliphatic carbocycles. The van der Waals surface area contributed by atoms with Crippen LogP contribution in [0.25, 0.3) is 0 Å². The second-order valence-electron chi connectivity index (χ2n) is 12.5. The summed E-state index contributed by atoms with van der Waals surface area (Å²) in [6, 6.07) is 15.7. The molecule has 7 atom stereocenters. The predicted molar refractivity (Wildman–Crippen MR) is 177 cm³/mol. The molecule has 3 amide bonds. The number of aliphatic hydroxyl groups excluding tert-OH is 1. The van der Waals surface area contributed by atoms with Crippen LogP contribution in [-0.4, -0.2) is 82.6 Å². The summed E-state index contributed by atoms with van der Waals surface area (Å²) in [5.74, 6) is -3.62. The largest absolute Gasteiger partial charge is 0.463 e. The van der Waals surface area contributed by atoms with E-state index in [0.29, 0.717) is 23.0 Å². The van der Waals surface area contributed by atoms with E-state index in [1.54, 1.807) is 11.0 Å². The van der Waals surface area contributed by atoms with Gasteiger partial charge in [0.05, 0.1) is 30.5 Å². The zero-order valence-corrected chi connectivity index (χ0v) is 27.9. The Balaban J connectivity index is 1.47. The number of aliphatic hydroxyl groups is 1. The van der Waals surface area contributed by atoms with E-state index >= 15 is 0 Å². The molecule has 4 aliphatic rings. The van der Waals surface area contributed by atoms with E-state index < -0.39 is 66.1 Å². The van der Waals surface area contributed by atoms with Gasteiger partial charge in [-0.1, -0.05) is 102 Å². The number of carbonyl (C=O) groups is 4. The average molecular weight is 707 g/mol. The number of allylic oxidation sites excluding steroid dienone is 1. The lowest BCUT2D eigenvalue weighted by Crippen LogP contribution is -2.57. The number of amides is 3. The lowest BCUT2D eigenvalue weighted by atomic mass is 9.74. The number of carbonyl (C=O) groups excluding carboxylic acids is 4. The van der Waals surface area contributed by atoms with Gasteiger partial charge < -0.3 is 29.7 Å². The Hall–Kier alpha value is -3.80. The van der Waals surface area contributed by atoms with Crippen molar-refractivity contribution in [1.82, 2.24) is 15.1 Å². The molecule has 6 rings (SSSR count). The number of esters is 1. The van der Waals surface area contributed by atoms with Crippen LogP contribution in [0.1, 0.15) is 55.8 Å². The van der Waals surface area contributed by atoms with Crippen LogP contribution in [0.5, 0.6) is 0 Å². The lowest BCUT2D eigenvalue weighted by molar-refractivity contribution is -0.150. The van der Waals surface area contributed by atoms with Crippen LogP contribution in [0.2, 0.25) is 0 Å². The molecule has 11 heteroatoms. The zero-order chi connectivity index (χ0) is 33.1. The molecule has 1 spiro atoms. The Kier molecular flexibility index (Phi) is 9.96. The Bertz CT molecular complexity index is 1550. The molecule has 2 fully saturated rings. The van der Waals surface area contributed by atoms with Gasteiger partial charge in [0.1, 0.15) is 24.4 Å². The van der Waals surface area contributed by atoms with Gasteiger partial charge in [0.2, 0.25) is 17.7 Å². The van der Waals surface area contributed by atoms with Gasteiger partial charge in [0, 0.05) is 24.0 Å². The number of nitrogens with one attached hydrogen (secondary N) is 1. The molecule has 5 bridgehead atoms. The smallest absolute Gasteiger partial charge is 0.306 e. The van der Waals surface area contributed by atoms with Crippen molar-refractivity contribution < 1.29 is 33.8 Å². The third-order valence-electron chi connectivity index (χ3n) is 9.62. The number of hydrogen-bond donors (Lipinski definition) is 2. The number of cyclic esters (lactones) is 1. The van der Waals surface area contributed by atoms with Crippen LogP contribution in [0.15, 0.2) is 83.4 Å². The van der Waals surface area contributed by atoms with Crippen molar-refractivity contribution in [2.24, 2.45) is 11.8 Å². The van der Waals surface area contributed by atoms with Crippen LogP contribution >= 0.6 is 15.9 Å². The van der Waals surface area contributed by atoms with E-state index in [4.69, 9.17) is 9.47 Å². The Morgan fingerprint density at radius 2 is 1.74 bits per heavy atom. The third-order valence-corrected chi connectivity index (χ3v) is 10.3. The summed E-state index contributed by atoms with van der Waals surface area (Å²) in [7, 11) is 0. The summed E-state index contributed by atoms with van der Waals surface area (Å²) in [6.07, 6.45) is 6.84. The molecule has 2 N–H and O–H groups in total. The topological polar surface area (TPSA) is 125 Å². The standard InChI is InChI=1S/C36H40BrN3O7/c1-2-3-18-39-19-12-6-11-17-28(42)46-22-26(23-13-7-4-8-14-23)38-33(43)29-30-34(44)40(27(21-41)24-15-9-5-10-16-24)32(35(39)45)36(30)20-25(37)31(29)47-36/h4-10,12-16,20,26-27,29-32,41H,2-3,11,17-19,21-22H2,1H3,(H,38,43)/b12-6-/t26-,27+,29-,30+,31-,32-,36+/m0/s1. The van der Waals surface area contributed by atoms with Crippen molar-refractivity contribution in [3.63, 3.8) is 0 Å². The fraction of sp³-hybridized carbons (Fsp3) is 0.444. The molecular weight excluding hydrogens is 666 g/mol. The van der Waals surface area contributed by atoms with Crippen LogP contribution in [0.4, 0.5) is 0 Å².